The maximum atomic E-state index is 13.9. The summed E-state index contributed by atoms with van der Waals surface area (Å²) >= 11 is 0. The highest BCUT2D eigenvalue weighted by atomic mass is 16.3. The van der Waals surface area contributed by atoms with Crippen molar-refractivity contribution in [3.8, 4) is 0 Å². The Morgan fingerprint density at radius 2 is 1.67 bits per heavy atom. The van der Waals surface area contributed by atoms with Gasteiger partial charge in [-0.15, -0.1) is 0 Å². The molecule has 0 radical (unpaired) electrons. The molecule has 2 N–H and O–H groups in total. The lowest BCUT2D eigenvalue weighted by Gasteiger charge is -2.43. The highest BCUT2D eigenvalue weighted by Crippen LogP contribution is 2.27. The number of benzene rings is 1. The van der Waals surface area contributed by atoms with E-state index in [2.05, 4.69) is 44.5 Å². The van der Waals surface area contributed by atoms with Crippen molar-refractivity contribution >= 4 is 23.6 Å². The first-order chi connectivity index (χ1) is 21.9. The molecule has 12 heteroatoms. The lowest BCUT2D eigenvalue weighted by atomic mass is 9.94. The molecular formula is C33H43N9O3. The third-order valence-corrected chi connectivity index (χ3v) is 9.87. The van der Waals surface area contributed by atoms with E-state index in [1.165, 1.54) is 11.1 Å². The van der Waals surface area contributed by atoms with Gasteiger partial charge in [-0.3, -0.25) is 19.2 Å². The molecule has 45 heavy (non-hydrogen) atoms. The fourth-order valence-corrected chi connectivity index (χ4v) is 7.32. The number of hydrogen-bond acceptors (Lipinski definition) is 9. The molecule has 3 aromatic rings. The number of nitrogens with one attached hydrogen (secondary N) is 1. The Hall–Kier alpha value is -4.03. The number of aliphatic hydroxyl groups is 1. The van der Waals surface area contributed by atoms with Gasteiger partial charge in [0, 0.05) is 83.8 Å². The highest BCUT2D eigenvalue weighted by Gasteiger charge is 2.36. The maximum absolute atomic E-state index is 13.9. The number of aryl methyl sites for hydroxylation is 1. The predicted molar refractivity (Wildman–Crippen MR) is 170 cm³/mol. The average Bonchev–Trinajstić information content (AvgIpc) is 3.77. The van der Waals surface area contributed by atoms with Crippen LogP contribution in [0.5, 0.6) is 0 Å². The van der Waals surface area contributed by atoms with Gasteiger partial charge in [-0.05, 0) is 49.7 Å². The van der Waals surface area contributed by atoms with Crippen LogP contribution in [0.25, 0.3) is 0 Å². The van der Waals surface area contributed by atoms with Crippen molar-refractivity contribution in [3.05, 3.63) is 65.1 Å². The Morgan fingerprint density at radius 3 is 2.40 bits per heavy atom. The van der Waals surface area contributed by atoms with E-state index in [1.807, 2.05) is 11.9 Å². The summed E-state index contributed by atoms with van der Waals surface area (Å²) in [5.74, 6) is 1.05. The van der Waals surface area contributed by atoms with Crippen molar-refractivity contribution in [2.75, 3.05) is 56.0 Å². The van der Waals surface area contributed by atoms with Crippen molar-refractivity contribution in [2.45, 2.75) is 63.3 Å². The van der Waals surface area contributed by atoms with Crippen LogP contribution in [0.4, 0.5) is 11.8 Å². The van der Waals surface area contributed by atoms with Crippen molar-refractivity contribution < 1.29 is 14.7 Å². The third kappa shape index (κ3) is 6.39. The summed E-state index contributed by atoms with van der Waals surface area (Å²) in [5, 5.41) is 18.9. The second-order valence-electron chi connectivity index (χ2n) is 12.9. The van der Waals surface area contributed by atoms with Crippen LogP contribution in [0.2, 0.25) is 0 Å². The number of aromatic nitrogens is 4. The lowest BCUT2D eigenvalue weighted by Crippen LogP contribution is -2.56. The number of nitrogens with zero attached hydrogens (tertiary/aromatic N) is 8. The second-order valence-corrected chi connectivity index (χ2v) is 12.9. The molecule has 3 saturated heterocycles. The molecule has 4 aliphatic rings. The van der Waals surface area contributed by atoms with Crippen molar-refractivity contribution in [3.63, 3.8) is 0 Å². The summed E-state index contributed by atoms with van der Waals surface area (Å²) in [7, 11) is 1.81. The van der Waals surface area contributed by atoms with Crippen LogP contribution in [0.3, 0.4) is 0 Å². The number of likely N-dealkylation sites (tertiary alicyclic amines) is 2. The minimum absolute atomic E-state index is 0.00356. The molecule has 6 heterocycles. The number of carbonyl (C=O) groups excluding carboxylic acids is 2. The fraction of sp³-hybridized carbons (Fsp3) is 0.545. The zero-order valence-corrected chi connectivity index (χ0v) is 26.0. The molecule has 7 rings (SSSR count). The number of aliphatic hydroxyl groups excluding tert-OH is 1. The SMILES string of the molecule is Cn1cc(C(=O)N2CCC(Nc3cc(C(=O)N4CC[C@@H](N5CCc6ccccc6C5)[C@H](O)C4)nc(N4CCCC4)n3)CC2)cn1. The summed E-state index contributed by atoms with van der Waals surface area (Å²) in [6.45, 7) is 5.63. The molecule has 2 atom stereocenters. The van der Waals surface area contributed by atoms with Gasteiger partial charge in [0.25, 0.3) is 11.8 Å². The summed E-state index contributed by atoms with van der Waals surface area (Å²) in [6, 6.07) is 10.5. The van der Waals surface area contributed by atoms with Crippen LogP contribution in [0.1, 0.15) is 64.1 Å². The van der Waals surface area contributed by atoms with Gasteiger partial charge in [0.15, 0.2) is 0 Å². The third-order valence-electron chi connectivity index (χ3n) is 9.87. The number of carbonyl (C=O) groups is 2. The Labute approximate surface area is 264 Å². The molecule has 12 nitrogen and oxygen atoms in total. The Balaban J connectivity index is 1.01. The van der Waals surface area contributed by atoms with Crippen LogP contribution < -0.4 is 10.2 Å². The topological polar surface area (TPSA) is 123 Å². The van der Waals surface area contributed by atoms with E-state index >= 15 is 0 Å². The monoisotopic (exact) mass is 613 g/mol. The predicted octanol–water partition coefficient (Wildman–Crippen LogP) is 2.16. The Bertz CT molecular complexity index is 1530. The molecule has 3 fully saturated rings. The van der Waals surface area contributed by atoms with Crippen LogP contribution in [-0.4, -0.2) is 115 Å². The summed E-state index contributed by atoms with van der Waals surface area (Å²) < 4.78 is 1.64. The largest absolute Gasteiger partial charge is 0.390 e. The van der Waals surface area contributed by atoms with Gasteiger partial charge in [-0.2, -0.15) is 10.1 Å². The standard InChI is InChI=1S/C33H43N9O3/c1-38-20-25(19-34-38)31(44)39-15-9-26(10-16-39)35-30-18-27(36-33(37-30)40-12-4-5-13-40)32(45)42-17-11-28(29(43)22-42)41-14-8-23-6-2-3-7-24(23)21-41/h2-3,6-7,18-20,26,28-29,43H,4-5,8-17,21-22H2,1H3,(H,35,36,37)/t28-,29-/m1/s1. The molecule has 238 valence electrons. The summed E-state index contributed by atoms with van der Waals surface area (Å²) in [5.41, 5.74) is 3.68. The van der Waals surface area contributed by atoms with Gasteiger partial charge in [0.1, 0.15) is 11.5 Å². The minimum Gasteiger partial charge on any atom is -0.390 e. The van der Waals surface area contributed by atoms with Crippen molar-refractivity contribution in [2.24, 2.45) is 7.05 Å². The quantitative estimate of drug-likeness (QED) is 0.431. The van der Waals surface area contributed by atoms with Crippen LogP contribution >= 0.6 is 0 Å². The fourth-order valence-electron chi connectivity index (χ4n) is 7.32. The summed E-state index contributed by atoms with van der Waals surface area (Å²) in [4.78, 5) is 44.5. The van der Waals surface area contributed by atoms with Gasteiger partial charge < -0.3 is 25.1 Å². The number of amides is 2. The van der Waals surface area contributed by atoms with Gasteiger partial charge in [-0.1, -0.05) is 24.3 Å². The van der Waals surface area contributed by atoms with Gasteiger partial charge in [-0.25, -0.2) is 4.98 Å². The van der Waals surface area contributed by atoms with Crippen LogP contribution in [0.15, 0.2) is 42.7 Å². The van der Waals surface area contributed by atoms with E-state index in [-0.39, 0.29) is 30.4 Å². The normalized spacial score (nSPS) is 22.8. The van der Waals surface area contributed by atoms with Crippen LogP contribution in [-0.2, 0) is 20.0 Å². The zero-order chi connectivity index (χ0) is 30.9. The number of fused-ring (bicyclic) bond motifs is 1. The molecule has 2 aromatic heterocycles. The molecule has 1 aromatic carbocycles. The van der Waals surface area contributed by atoms with Crippen LogP contribution in [0, 0.1) is 0 Å². The Kier molecular flexibility index (Phi) is 8.41. The van der Waals surface area contributed by atoms with E-state index in [1.54, 1.807) is 28.0 Å². The average molecular weight is 614 g/mol. The smallest absolute Gasteiger partial charge is 0.272 e. The number of anilines is 2. The number of rotatable bonds is 6. The molecular weight excluding hydrogens is 570 g/mol. The van der Waals surface area contributed by atoms with Crippen molar-refractivity contribution in [1.29, 1.82) is 0 Å². The van der Waals surface area contributed by atoms with E-state index in [0.717, 1.165) is 64.7 Å². The number of hydrogen-bond donors (Lipinski definition) is 2. The molecule has 0 bridgehead atoms. The van der Waals surface area contributed by atoms with Gasteiger partial charge in [0.05, 0.1) is 17.9 Å². The molecule has 0 saturated carbocycles. The maximum Gasteiger partial charge on any atom is 0.272 e. The lowest BCUT2D eigenvalue weighted by molar-refractivity contribution is -0.0139. The van der Waals surface area contributed by atoms with Crippen molar-refractivity contribution in [1.82, 2.24) is 34.4 Å². The molecule has 4 aliphatic heterocycles. The number of β-amino-alcohol motifs (C(OH)–C–C–N with tert-alkyl or cyclic N) is 1. The highest BCUT2D eigenvalue weighted by molar-refractivity contribution is 5.94. The van der Waals surface area contributed by atoms with E-state index in [0.29, 0.717) is 42.7 Å². The first kappa shape index (κ1) is 29.7. The molecule has 0 spiro atoms. The van der Waals surface area contributed by atoms with Gasteiger partial charge in [0.2, 0.25) is 5.95 Å². The first-order valence-electron chi connectivity index (χ1n) is 16.4. The Morgan fingerprint density at radius 1 is 0.911 bits per heavy atom. The molecule has 0 unspecified atom stereocenters. The minimum atomic E-state index is -0.620. The van der Waals surface area contributed by atoms with Gasteiger partial charge >= 0.3 is 0 Å². The zero-order valence-electron chi connectivity index (χ0n) is 26.0. The van der Waals surface area contributed by atoms with E-state index in [9.17, 15) is 14.7 Å². The molecule has 2 amide bonds. The molecule has 0 aliphatic carbocycles. The van der Waals surface area contributed by atoms with E-state index in [4.69, 9.17) is 9.97 Å². The number of piperidine rings is 2. The second kappa shape index (κ2) is 12.8. The first-order valence-corrected chi connectivity index (χ1v) is 16.4. The van der Waals surface area contributed by atoms with E-state index < -0.39 is 6.10 Å². The summed E-state index contributed by atoms with van der Waals surface area (Å²) in [6.07, 6.45) is 8.16.